The Morgan fingerprint density at radius 1 is 1.09 bits per heavy atom. The first-order valence-electron chi connectivity index (χ1n) is 10.2. The van der Waals surface area contributed by atoms with E-state index in [4.69, 9.17) is 19.3 Å². The van der Waals surface area contributed by atoms with Crippen LogP contribution in [0.25, 0.3) is 21.5 Å². The first kappa shape index (κ1) is 21.6. The van der Waals surface area contributed by atoms with Gasteiger partial charge in [-0.1, -0.05) is 0 Å². The summed E-state index contributed by atoms with van der Waals surface area (Å²) in [5.74, 6) is 1.05. The zero-order chi connectivity index (χ0) is 22.3. The molecule has 1 aromatic carbocycles. The molecule has 4 rings (SSSR count). The number of carboxylic acid groups (broad SMARTS) is 1. The van der Waals surface area contributed by atoms with E-state index in [2.05, 4.69) is 15.0 Å². The number of nitrogens with zero attached hydrogens (tertiary/aromatic N) is 2. The molecule has 0 fully saturated rings. The minimum absolute atomic E-state index is 0.0324. The zero-order valence-electron chi connectivity index (χ0n) is 17.5. The average Bonchev–Trinajstić information content (AvgIpc) is 3.40. The number of H-pyrrole nitrogens is 1. The number of nitrogens with one attached hydrogen (secondary N) is 1. The fraction of sp³-hybridized carbons (Fsp3) is 0.261. The quantitative estimate of drug-likeness (QED) is 0.321. The number of pyridine rings is 1. The Kier molecular flexibility index (Phi) is 6.86. The summed E-state index contributed by atoms with van der Waals surface area (Å²) in [6, 6.07) is 11.2. The molecular weight excluding hydrogens is 430 g/mol. The molecule has 2 N–H and O–H groups in total. The lowest BCUT2D eigenvalue weighted by molar-refractivity contribution is -0.136. The number of carbonyl (C=O) groups is 1. The Morgan fingerprint density at radius 3 is 2.75 bits per heavy atom. The number of thiazole rings is 1. The predicted octanol–water partition coefficient (Wildman–Crippen LogP) is 4.56. The predicted molar refractivity (Wildman–Crippen MR) is 122 cm³/mol. The van der Waals surface area contributed by atoms with Gasteiger partial charge in [0.15, 0.2) is 0 Å². The fourth-order valence-electron chi connectivity index (χ4n) is 3.14. The third kappa shape index (κ3) is 5.55. The number of carboxylic acids is 1. The van der Waals surface area contributed by atoms with Crippen molar-refractivity contribution >= 4 is 28.2 Å². The summed E-state index contributed by atoms with van der Waals surface area (Å²) in [5, 5.41) is 12.6. The summed E-state index contributed by atoms with van der Waals surface area (Å²) in [5.41, 5.74) is 2.47. The molecule has 32 heavy (non-hydrogen) atoms. The third-order valence-corrected chi connectivity index (χ3v) is 5.43. The molecule has 0 saturated carbocycles. The van der Waals surface area contributed by atoms with Gasteiger partial charge in [0.2, 0.25) is 11.8 Å². The van der Waals surface area contributed by atoms with E-state index in [1.54, 1.807) is 6.20 Å². The summed E-state index contributed by atoms with van der Waals surface area (Å²) < 4.78 is 16.9. The van der Waals surface area contributed by atoms with Crippen molar-refractivity contribution in [1.82, 2.24) is 15.0 Å². The minimum Gasteiger partial charge on any atom is -0.493 e. The molecule has 0 atom stereocenters. The Morgan fingerprint density at radius 2 is 1.97 bits per heavy atom. The number of rotatable bonds is 11. The lowest BCUT2D eigenvalue weighted by Gasteiger charge is -2.08. The molecule has 166 valence electrons. The van der Waals surface area contributed by atoms with Gasteiger partial charge < -0.3 is 24.3 Å². The summed E-state index contributed by atoms with van der Waals surface area (Å²) in [6.45, 7) is 3.49. The summed E-state index contributed by atoms with van der Waals surface area (Å²) in [6.07, 6.45) is 2.41. The normalized spacial score (nSPS) is 10.9. The van der Waals surface area contributed by atoms with E-state index in [0.29, 0.717) is 43.7 Å². The lowest BCUT2D eigenvalue weighted by Crippen LogP contribution is -2.05. The van der Waals surface area contributed by atoms with Crippen LogP contribution in [0.15, 0.2) is 48.0 Å². The third-order valence-electron chi connectivity index (χ3n) is 4.56. The number of benzene rings is 1. The molecule has 0 unspecified atom stereocenters. The highest BCUT2D eigenvalue weighted by Gasteiger charge is 2.08. The van der Waals surface area contributed by atoms with E-state index in [1.165, 1.54) is 11.3 Å². The summed E-state index contributed by atoms with van der Waals surface area (Å²) in [7, 11) is 0. The maximum absolute atomic E-state index is 10.9. The van der Waals surface area contributed by atoms with Crippen LogP contribution in [0.1, 0.15) is 19.0 Å². The van der Waals surface area contributed by atoms with Crippen molar-refractivity contribution in [2.75, 3.05) is 19.8 Å². The van der Waals surface area contributed by atoms with Gasteiger partial charge >= 0.3 is 5.97 Å². The van der Waals surface area contributed by atoms with Crippen LogP contribution in [0.5, 0.6) is 17.5 Å². The molecule has 0 amide bonds. The number of aliphatic carboxylic acids is 1. The molecule has 9 heteroatoms. The largest absolute Gasteiger partial charge is 0.493 e. The van der Waals surface area contributed by atoms with E-state index < -0.39 is 5.97 Å². The van der Waals surface area contributed by atoms with Gasteiger partial charge in [-0.25, -0.2) is 9.97 Å². The van der Waals surface area contributed by atoms with Crippen molar-refractivity contribution < 1.29 is 24.1 Å². The van der Waals surface area contributed by atoms with Gasteiger partial charge in [-0.3, -0.25) is 4.79 Å². The maximum Gasteiger partial charge on any atom is 0.309 e. The summed E-state index contributed by atoms with van der Waals surface area (Å²) >= 11 is 1.51. The number of ether oxygens (including phenoxy) is 3. The molecule has 3 aromatic heterocycles. The van der Waals surface area contributed by atoms with Crippen LogP contribution in [0.3, 0.4) is 0 Å². The fourth-order valence-corrected chi connectivity index (χ4v) is 3.88. The monoisotopic (exact) mass is 453 g/mol. The Hall–Kier alpha value is -3.59. The van der Waals surface area contributed by atoms with Gasteiger partial charge in [-0.2, -0.15) is 0 Å². The summed E-state index contributed by atoms with van der Waals surface area (Å²) in [4.78, 5) is 22.7. The minimum atomic E-state index is -0.865. The second-order valence-electron chi connectivity index (χ2n) is 6.97. The van der Waals surface area contributed by atoms with E-state index >= 15 is 0 Å². The molecule has 0 aliphatic carbocycles. The van der Waals surface area contributed by atoms with Crippen LogP contribution in [0, 0.1) is 0 Å². The topological polar surface area (TPSA) is 107 Å². The molecule has 3 heterocycles. The Balaban J connectivity index is 1.22. The highest BCUT2D eigenvalue weighted by Crippen LogP contribution is 2.27. The Labute approximate surface area is 188 Å². The van der Waals surface area contributed by atoms with Gasteiger partial charge in [-0.05, 0) is 37.3 Å². The van der Waals surface area contributed by atoms with Crippen LogP contribution in [0.2, 0.25) is 0 Å². The van der Waals surface area contributed by atoms with Gasteiger partial charge in [0.05, 0.1) is 31.6 Å². The van der Waals surface area contributed by atoms with Gasteiger partial charge in [0.25, 0.3) is 0 Å². The highest BCUT2D eigenvalue weighted by molar-refractivity contribution is 7.13. The second-order valence-corrected chi connectivity index (χ2v) is 7.83. The standard InChI is InChI=1S/C23H23N3O5S/c1-2-29-21-14-32-23(26-21)15-4-7-20(24-13-15)31-9-3-8-30-18-5-6-19-16(11-18)10-17(25-19)12-22(27)28/h4-7,10-11,13-14,25H,2-3,8-9,12H2,1H3,(H,27,28). The number of fused-ring (bicyclic) bond motifs is 1. The van der Waals surface area contributed by atoms with Crippen LogP contribution in [0.4, 0.5) is 0 Å². The number of aromatic amines is 1. The molecule has 0 aliphatic rings. The molecule has 0 spiro atoms. The molecule has 0 saturated heterocycles. The van der Waals surface area contributed by atoms with Gasteiger partial charge in [-0.15, -0.1) is 11.3 Å². The second kappa shape index (κ2) is 10.1. The molecule has 4 aromatic rings. The van der Waals surface area contributed by atoms with Crippen LogP contribution in [-0.4, -0.2) is 45.8 Å². The average molecular weight is 454 g/mol. The first-order valence-corrected chi connectivity index (χ1v) is 11.1. The molecular formula is C23H23N3O5S. The smallest absolute Gasteiger partial charge is 0.309 e. The van der Waals surface area contributed by atoms with E-state index in [-0.39, 0.29) is 6.42 Å². The lowest BCUT2D eigenvalue weighted by atomic mass is 10.2. The molecule has 0 aliphatic heterocycles. The van der Waals surface area contributed by atoms with Crippen LogP contribution in [-0.2, 0) is 11.2 Å². The van der Waals surface area contributed by atoms with Crippen molar-refractivity contribution in [3.05, 3.63) is 53.7 Å². The van der Waals surface area contributed by atoms with Crippen molar-refractivity contribution in [3.63, 3.8) is 0 Å². The molecule has 8 nitrogen and oxygen atoms in total. The van der Waals surface area contributed by atoms with Gasteiger partial charge in [0.1, 0.15) is 10.8 Å². The zero-order valence-corrected chi connectivity index (χ0v) is 18.4. The molecule has 0 bridgehead atoms. The highest BCUT2D eigenvalue weighted by atomic mass is 32.1. The first-order chi connectivity index (χ1) is 15.6. The Bertz CT molecular complexity index is 1190. The number of aromatic nitrogens is 3. The van der Waals surface area contributed by atoms with E-state index in [0.717, 1.165) is 27.2 Å². The van der Waals surface area contributed by atoms with Crippen LogP contribution >= 0.6 is 11.3 Å². The number of hydrogen-bond acceptors (Lipinski definition) is 7. The number of hydrogen-bond donors (Lipinski definition) is 2. The molecule has 0 radical (unpaired) electrons. The van der Waals surface area contributed by atoms with Crippen molar-refractivity contribution in [2.45, 2.75) is 19.8 Å². The van der Waals surface area contributed by atoms with Crippen LogP contribution < -0.4 is 14.2 Å². The maximum atomic E-state index is 10.9. The van der Waals surface area contributed by atoms with Gasteiger partial charge in [0, 0.05) is 40.8 Å². The van der Waals surface area contributed by atoms with E-state index in [9.17, 15) is 4.79 Å². The SMILES string of the molecule is CCOc1csc(-c2ccc(OCCCOc3ccc4[nH]c(CC(=O)O)cc4c3)nc2)n1. The van der Waals surface area contributed by atoms with E-state index in [1.807, 2.05) is 48.7 Å². The van der Waals surface area contributed by atoms with Crippen molar-refractivity contribution in [2.24, 2.45) is 0 Å². The van der Waals surface area contributed by atoms with Crippen molar-refractivity contribution in [3.8, 4) is 28.1 Å². The van der Waals surface area contributed by atoms with Crippen molar-refractivity contribution in [1.29, 1.82) is 0 Å².